The third-order valence-corrected chi connectivity index (χ3v) is 4.28. The summed E-state index contributed by atoms with van der Waals surface area (Å²) in [5.41, 5.74) is -0.520. The lowest BCUT2D eigenvalue weighted by Crippen LogP contribution is -2.37. The van der Waals surface area contributed by atoms with Crippen LogP contribution >= 0.6 is 11.6 Å². The molecular formula is C17H16ClF3N4O. The first-order valence-electron chi connectivity index (χ1n) is 7.96. The van der Waals surface area contributed by atoms with E-state index in [1.807, 2.05) is 6.92 Å². The molecule has 1 amide bonds. The third kappa shape index (κ3) is 3.46. The number of alkyl halides is 2. The van der Waals surface area contributed by atoms with Gasteiger partial charge in [-0.15, -0.1) is 0 Å². The number of halogens is 4. The van der Waals surface area contributed by atoms with Gasteiger partial charge in [-0.2, -0.15) is 5.10 Å². The SMILES string of the molecule is C[C@H]1CN2N=C(Cl)C=C(C(=O)N[C@H](C)c3cccc(C(F)F)c3F)C2=N1. The zero-order chi connectivity index (χ0) is 19.0. The zero-order valence-corrected chi connectivity index (χ0v) is 14.8. The van der Waals surface area contributed by atoms with Gasteiger partial charge in [0.05, 0.1) is 29.8 Å². The van der Waals surface area contributed by atoms with E-state index in [4.69, 9.17) is 11.6 Å². The molecular weight excluding hydrogens is 369 g/mol. The first-order valence-corrected chi connectivity index (χ1v) is 8.34. The van der Waals surface area contributed by atoms with E-state index >= 15 is 0 Å². The van der Waals surface area contributed by atoms with E-state index in [1.165, 1.54) is 30.1 Å². The fourth-order valence-electron chi connectivity index (χ4n) is 2.87. The lowest BCUT2D eigenvalue weighted by Gasteiger charge is -2.22. The quantitative estimate of drug-likeness (QED) is 0.863. The van der Waals surface area contributed by atoms with Crippen molar-refractivity contribution >= 4 is 28.5 Å². The van der Waals surface area contributed by atoms with E-state index in [-0.39, 0.29) is 22.3 Å². The molecule has 0 bridgehead atoms. The maximum Gasteiger partial charge on any atom is 0.266 e. The van der Waals surface area contributed by atoms with Crippen LogP contribution in [-0.4, -0.2) is 34.5 Å². The molecule has 0 radical (unpaired) electrons. The monoisotopic (exact) mass is 384 g/mol. The van der Waals surface area contributed by atoms with Gasteiger partial charge in [-0.3, -0.25) is 9.79 Å². The van der Waals surface area contributed by atoms with Gasteiger partial charge in [0.1, 0.15) is 5.82 Å². The highest BCUT2D eigenvalue weighted by Crippen LogP contribution is 2.28. The maximum atomic E-state index is 14.3. The van der Waals surface area contributed by atoms with E-state index in [9.17, 15) is 18.0 Å². The molecule has 0 saturated heterocycles. The molecule has 1 aromatic rings. The van der Waals surface area contributed by atoms with E-state index in [0.717, 1.165) is 6.07 Å². The van der Waals surface area contributed by atoms with Gasteiger partial charge in [0.2, 0.25) is 0 Å². The van der Waals surface area contributed by atoms with Crippen LogP contribution in [0.5, 0.6) is 0 Å². The van der Waals surface area contributed by atoms with Crippen LogP contribution in [-0.2, 0) is 4.79 Å². The van der Waals surface area contributed by atoms with Gasteiger partial charge in [0.25, 0.3) is 12.3 Å². The molecule has 0 spiro atoms. The predicted octanol–water partition coefficient (Wildman–Crippen LogP) is 3.54. The number of rotatable bonds is 4. The number of amides is 1. The molecule has 138 valence electrons. The molecule has 2 aliphatic rings. The van der Waals surface area contributed by atoms with E-state index < -0.39 is 29.8 Å². The molecule has 5 nitrogen and oxygen atoms in total. The van der Waals surface area contributed by atoms with Crippen LogP contribution in [0, 0.1) is 5.82 Å². The van der Waals surface area contributed by atoms with Crippen molar-refractivity contribution in [3.05, 3.63) is 46.8 Å². The van der Waals surface area contributed by atoms with Crippen LogP contribution in [0.15, 0.2) is 39.9 Å². The van der Waals surface area contributed by atoms with Gasteiger partial charge in [0.15, 0.2) is 11.0 Å². The molecule has 0 fully saturated rings. The van der Waals surface area contributed by atoms with Crippen molar-refractivity contribution < 1.29 is 18.0 Å². The van der Waals surface area contributed by atoms with Gasteiger partial charge in [-0.05, 0) is 19.9 Å². The molecule has 9 heteroatoms. The van der Waals surface area contributed by atoms with Gasteiger partial charge >= 0.3 is 0 Å². The van der Waals surface area contributed by atoms with Crippen LogP contribution in [0.25, 0.3) is 0 Å². The molecule has 1 N–H and O–H groups in total. The first kappa shape index (κ1) is 18.4. The summed E-state index contributed by atoms with van der Waals surface area (Å²) >= 11 is 5.96. The minimum atomic E-state index is -2.93. The standard InChI is InChI=1S/C17H16ClF3N4O/c1-8-7-25-16(22-8)12(6-13(18)24-25)17(26)23-9(2)10-4-3-5-11(14(10)19)15(20)21/h3-6,8-9,15H,7H2,1-2H3,(H,23,26)/t8-,9+/m0/s1. The summed E-state index contributed by atoms with van der Waals surface area (Å²) in [5, 5.41) is 8.36. The van der Waals surface area contributed by atoms with Crippen LogP contribution in [0.1, 0.15) is 37.4 Å². The highest BCUT2D eigenvalue weighted by atomic mass is 35.5. The highest BCUT2D eigenvalue weighted by Gasteiger charge is 2.32. The summed E-state index contributed by atoms with van der Waals surface area (Å²) in [4.78, 5) is 17.0. The molecule has 2 aliphatic heterocycles. The summed E-state index contributed by atoms with van der Waals surface area (Å²) in [6.07, 6.45) is -1.56. The third-order valence-electron chi connectivity index (χ3n) is 4.10. The number of fused-ring (bicyclic) bond motifs is 1. The number of allylic oxidation sites excluding steroid dienone is 1. The lowest BCUT2D eigenvalue weighted by molar-refractivity contribution is -0.117. The van der Waals surface area contributed by atoms with Crippen LogP contribution in [0.2, 0.25) is 0 Å². The van der Waals surface area contributed by atoms with E-state index in [1.54, 1.807) is 0 Å². The largest absolute Gasteiger partial charge is 0.345 e. The number of amidine groups is 1. The van der Waals surface area contributed by atoms with Crippen molar-refractivity contribution in [2.45, 2.75) is 32.4 Å². The number of carbonyl (C=O) groups is 1. The van der Waals surface area contributed by atoms with Gasteiger partial charge < -0.3 is 5.32 Å². The predicted molar refractivity (Wildman–Crippen MR) is 92.9 cm³/mol. The number of hydrogen-bond donors (Lipinski definition) is 1. The Morgan fingerprint density at radius 2 is 2.08 bits per heavy atom. The second kappa shape index (κ2) is 7.11. The smallest absolute Gasteiger partial charge is 0.266 e. The summed E-state index contributed by atoms with van der Waals surface area (Å²) in [6, 6.07) is 2.83. The zero-order valence-electron chi connectivity index (χ0n) is 14.0. The van der Waals surface area contributed by atoms with Crippen LogP contribution in [0.3, 0.4) is 0 Å². The Balaban J connectivity index is 1.83. The van der Waals surface area contributed by atoms with E-state index in [0.29, 0.717) is 12.4 Å². The van der Waals surface area contributed by atoms with Crippen molar-refractivity contribution in [3.63, 3.8) is 0 Å². The Labute approximate surface area is 153 Å². The topological polar surface area (TPSA) is 57.1 Å². The number of benzene rings is 1. The Hall–Kier alpha value is -2.35. The summed E-state index contributed by atoms with van der Waals surface area (Å²) < 4.78 is 40.0. The number of hydrogen-bond acceptors (Lipinski definition) is 4. The second-order valence-corrected chi connectivity index (χ2v) is 6.50. The number of nitrogens with one attached hydrogen (secondary N) is 1. The molecule has 0 saturated carbocycles. The normalized spacial score (nSPS) is 20.3. The summed E-state index contributed by atoms with van der Waals surface area (Å²) in [6.45, 7) is 3.89. The molecule has 0 aromatic heterocycles. The molecule has 26 heavy (non-hydrogen) atoms. The lowest BCUT2D eigenvalue weighted by atomic mass is 10.0. The summed E-state index contributed by atoms with van der Waals surface area (Å²) in [7, 11) is 0. The highest BCUT2D eigenvalue weighted by molar-refractivity contribution is 6.69. The Morgan fingerprint density at radius 1 is 1.38 bits per heavy atom. The van der Waals surface area contributed by atoms with Crippen molar-refractivity contribution in [3.8, 4) is 0 Å². The average Bonchev–Trinajstić information content (AvgIpc) is 2.93. The molecule has 2 atom stereocenters. The molecule has 1 aromatic carbocycles. The summed E-state index contributed by atoms with van der Waals surface area (Å²) in [5.74, 6) is -1.18. The minimum Gasteiger partial charge on any atom is -0.345 e. The molecule has 0 unspecified atom stereocenters. The van der Waals surface area contributed by atoms with Gasteiger partial charge in [-0.1, -0.05) is 29.8 Å². The Morgan fingerprint density at radius 3 is 2.77 bits per heavy atom. The number of nitrogens with zero attached hydrogens (tertiary/aromatic N) is 3. The van der Waals surface area contributed by atoms with Crippen LogP contribution < -0.4 is 5.32 Å². The van der Waals surface area contributed by atoms with Crippen molar-refractivity contribution in [1.29, 1.82) is 0 Å². The first-order chi connectivity index (χ1) is 12.3. The molecule has 0 aliphatic carbocycles. The van der Waals surface area contributed by atoms with E-state index in [2.05, 4.69) is 15.4 Å². The molecule has 3 rings (SSSR count). The van der Waals surface area contributed by atoms with Crippen molar-refractivity contribution in [2.75, 3.05) is 6.54 Å². The Bertz CT molecular complexity index is 837. The number of hydrazone groups is 1. The Kier molecular flexibility index (Phi) is 5.04. The van der Waals surface area contributed by atoms with Crippen molar-refractivity contribution in [1.82, 2.24) is 10.3 Å². The fourth-order valence-corrected chi connectivity index (χ4v) is 3.07. The average molecular weight is 385 g/mol. The fraction of sp³-hybridized carbons (Fsp3) is 0.353. The minimum absolute atomic E-state index is 0.0223. The van der Waals surface area contributed by atoms with Gasteiger partial charge in [0, 0.05) is 5.56 Å². The number of aliphatic imine (C=N–C) groups is 1. The van der Waals surface area contributed by atoms with Gasteiger partial charge in [-0.25, -0.2) is 18.2 Å². The maximum absolute atomic E-state index is 14.3. The number of carbonyl (C=O) groups excluding carboxylic acids is 1. The van der Waals surface area contributed by atoms with Crippen molar-refractivity contribution in [2.24, 2.45) is 10.1 Å². The molecule has 2 heterocycles. The van der Waals surface area contributed by atoms with Crippen LogP contribution in [0.4, 0.5) is 13.2 Å². The second-order valence-electron chi connectivity index (χ2n) is 6.11.